The molecule has 0 spiro atoms. The van der Waals surface area contributed by atoms with E-state index in [0.717, 1.165) is 0 Å². The number of carbonyl (C=O) groups is 1. The van der Waals surface area contributed by atoms with Gasteiger partial charge in [0, 0.05) is 11.4 Å². The monoisotopic (exact) mass is 368 g/mol. The van der Waals surface area contributed by atoms with E-state index in [4.69, 9.17) is 23.2 Å². The summed E-state index contributed by atoms with van der Waals surface area (Å²) < 4.78 is 37.1. The number of nitrogens with one attached hydrogen (secondary N) is 1. The van der Waals surface area contributed by atoms with Crippen LogP contribution in [0.2, 0.25) is 10.0 Å². The Morgan fingerprint density at radius 2 is 1.91 bits per heavy atom. The molecule has 1 aromatic rings. The fraction of sp³-hybridized carbons (Fsp3) is 0.533. The van der Waals surface area contributed by atoms with E-state index < -0.39 is 12.6 Å². The van der Waals surface area contributed by atoms with Gasteiger partial charge in [-0.2, -0.15) is 13.2 Å². The molecule has 1 heterocycles. The zero-order valence-corrected chi connectivity index (χ0v) is 13.8. The molecule has 1 aliphatic heterocycles. The summed E-state index contributed by atoms with van der Waals surface area (Å²) in [7, 11) is 0. The van der Waals surface area contributed by atoms with Crippen molar-refractivity contribution in [2.75, 3.05) is 25.0 Å². The molecule has 0 bridgehead atoms. The van der Waals surface area contributed by atoms with Crippen molar-refractivity contribution < 1.29 is 18.0 Å². The van der Waals surface area contributed by atoms with E-state index in [9.17, 15) is 18.0 Å². The first-order chi connectivity index (χ1) is 10.7. The summed E-state index contributed by atoms with van der Waals surface area (Å²) in [5.41, 5.74) is 0.427. The number of alkyl halides is 3. The second kappa shape index (κ2) is 7.73. The van der Waals surface area contributed by atoms with Gasteiger partial charge < -0.3 is 5.32 Å². The maximum absolute atomic E-state index is 12.4. The topological polar surface area (TPSA) is 32.3 Å². The van der Waals surface area contributed by atoms with E-state index in [1.165, 1.54) is 0 Å². The number of carbonyl (C=O) groups excluding carboxylic acids is 1. The van der Waals surface area contributed by atoms with Crippen LogP contribution in [-0.2, 0) is 4.79 Å². The third-order valence-corrected chi connectivity index (χ3v) is 4.36. The third-order valence-electron chi connectivity index (χ3n) is 3.80. The molecule has 8 heteroatoms. The quantitative estimate of drug-likeness (QED) is 0.842. The maximum atomic E-state index is 12.4. The molecule has 1 N–H and O–H groups in total. The molecule has 0 unspecified atom stereocenters. The van der Waals surface area contributed by atoms with Crippen molar-refractivity contribution in [1.29, 1.82) is 0 Å². The minimum Gasteiger partial charge on any atom is -0.324 e. The molecular formula is C15H17Cl2F3N2O. The number of likely N-dealkylation sites (tertiary alicyclic amines) is 1. The molecule has 1 saturated heterocycles. The number of nitrogens with zero attached hydrogens (tertiary/aromatic N) is 1. The molecule has 0 saturated carbocycles. The highest BCUT2D eigenvalue weighted by Gasteiger charge is 2.33. The van der Waals surface area contributed by atoms with Crippen LogP contribution in [0.1, 0.15) is 19.3 Å². The molecule has 0 radical (unpaired) electrons. The number of hydrogen-bond donors (Lipinski definition) is 1. The SMILES string of the molecule is O=C(CN1CCC(CC(F)(F)F)CC1)Nc1cc(Cl)ccc1Cl. The van der Waals surface area contributed by atoms with Gasteiger partial charge in [-0.25, -0.2) is 0 Å². The summed E-state index contributed by atoms with van der Waals surface area (Å²) >= 11 is 11.8. The van der Waals surface area contributed by atoms with E-state index in [2.05, 4.69) is 5.32 Å². The Bertz CT molecular complexity index is 558. The number of halogens is 5. The molecule has 1 fully saturated rings. The molecule has 1 aromatic carbocycles. The lowest BCUT2D eigenvalue weighted by molar-refractivity contribution is -0.147. The molecule has 0 aromatic heterocycles. The largest absolute Gasteiger partial charge is 0.389 e. The van der Waals surface area contributed by atoms with Crippen molar-refractivity contribution in [2.45, 2.75) is 25.4 Å². The smallest absolute Gasteiger partial charge is 0.324 e. The molecule has 1 amide bonds. The average Bonchev–Trinajstić information content (AvgIpc) is 2.43. The highest BCUT2D eigenvalue weighted by Crippen LogP contribution is 2.31. The van der Waals surface area contributed by atoms with Gasteiger partial charge in [0.25, 0.3) is 0 Å². The number of rotatable bonds is 4. The van der Waals surface area contributed by atoms with Crippen LogP contribution in [0.4, 0.5) is 18.9 Å². The van der Waals surface area contributed by atoms with Gasteiger partial charge in [-0.3, -0.25) is 9.69 Å². The highest BCUT2D eigenvalue weighted by molar-refractivity contribution is 6.35. The van der Waals surface area contributed by atoms with Gasteiger partial charge in [-0.1, -0.05) is 23.2 Å². The first kappa shape index (κ1) is 18.4. The third kappa shape index (κ3) is 6.20. The minimum atomic E-state index is -4.12. The van der Waals surface area contributed by atoms with E-state index in [1.54, 1.807) is 18.2 Å². The van der Waals surface area contributed by atoms with Gasteiger partial charge >= 0.3 is 6.18 Å². The standard InChI is InChI=1S/C15H17Cl2F3N2O/c16-11-1-2-12(17)13(7-11)21-14(23)9-22-5-3-10(4-6-22)8-15(18,19)20/h1-2,7,10H,3-6,8-9H2,(H,21,23). The number of benzene rings is 1. The molecule has 3 nitrogen and oxygen atoms in total. The second-order valence-electron chi connectivity index (χ2n) is 5.71. The van der Waals surface area contributed by atoms with Gasteiger partial charge in [-0.15, -0.1) is 0 Å². The fourth-order valence-corrected chi connectivity index (χ4v) is 3.00. The normalized spacial score (nSPS) is 17.3. The van der Waals surface area contributed by atoms with Crippen LogP contribution in [0.5, 0.6) is 0 Å². The van der Waals surface area contributed by atoms with Gasteiger partial charge in [0.15, 0.2) is 0 Å². The van der Waals surface area contributed by atoms with Crippen LogP contribution < -0.4 is 5.32 Å². The van der Waals surface area contributed by atoms with Gasteiger partial charge in [0.2, 0.25) is 5.91 Å². The van der Waals surface area contributed by atoms with Crippen molar-refractivity contribution in [3.8, 4) is 0 Å². The maximum Gasteiger partial charge on any atom is 0.389 e. The van der Waals surface area contributed by atoms with E-state index in [-0.39, 0.29) is 18.4 Å². The Hall–Kier alpha value is -0.980. The summed E-state index contributed by atoms with van der Waals surface area (Å²) in [6, 6.07) is 4.75. The predicted octanol–water partition coefficient (Wildman–Crippen LogP) is 4.60. The first-order valence-corrected chi connectivity index (χ1v) is 8.02. The Morgan fingerprint density at radius 3 is 2.52 bits per heavy atom. The fourth-order valence-electron chi connectivity index (χ4n) is 2.66. The van der Waals surface area contributed by atoms with E-state index >= 15 is 0 Å². The molecule has 1 aliphatic rings. The van der Waals surface area contributed by atoms with Gasteiger partial charge in [0.05, 0.1) is 17.3 Å². The average molecular weight is 369 g/mol. The summed E-state index contributed by atoms with van der Waals surface area (Å²) in [6.45, 7) is 1.09. The van der Waals surface area contributed by atoms with Crippen molar-refractivity contribution in [1.82, 2.24) is 4.90 Å². The van der Waals surface area contributed by atoms with Gasteiger partial charge in [-0.05, 0) is 50.0 Å². The zero-order valence-electron chi connectivity index (χ0n) is 12.3. The van der Waals surface area contributed by atoms with Crippen LogP contribution in [0.15, 0.2) is 18.2 Å². The van der Waals surface area contributed by atoms with Crippen LogP contribution in [0.3, 0.4) is 0 Å². The van der Waals surface area contributed by atoms with Crippen LogP contribution in [0, 0.1) is 5.92 Å². The summed E-state index contributed by atoms with van der Waals surface area (Å²) in [5.74, 6) is -0.611. The lowest BCUT2D eigenvalue weighted by atomic mass is 9.93. The molecule has 0 aliphatic carbocycles. The minimum absolute atomic E-state index is 0.127. The van der Waals surface area contributed by atoms with Crippen molar-refractivity contribution in [3.05, 3.63) is 28.2 Å². The molecule has 23 heavy (non-hydrogen) atoms. The summed E-state index contributed by atoms with van der Waals surface area (Å²) in [5, 5.41) is 3.51. The molecule has 0 atom stereocenters. The van der Waals surface area contributed by atoms with Crippen LogP contribution in [-0.4, -0.2) is 36.6 Å². The van der Waals surface area contributed by atoms with E-state index in [0.29, 0.717) is 41.7 Å². The lowest BCUT2D eigenvalue weighted by Gasteiger charge is -2.31. The summed E-state index contributed by atoms with van der Waals surface area (Å²) in [4.78, 5) is 13.9. The number of piperidine rings is 1. The Labute approximate surface area is 142 Å². The second-order valence-corrected chi connectivity index (χ2v) is 6.55. The Balaban J connectivity index is 1.80. The van der Waals surface area contributed by atoms with Crippen LogP contribution >= 0.6 is 23.2 Å². The Kier molecular flexibility index (Phi) is 6.17. The lowest BCUT2D eigenvalue weighted by Crippen LogP contribution is -2.40. The number of hydrogen-bond acceptors (Lipinski definition) is 2. The number of anilines is 1. The number of amides is 1. The van der Waals surface area contributed by atoms with E-state index in [1.807, 2.05) is 4.90 Å². The van der Waals surface area contributed by atoms with Gasteiger partial charge in [0.1, 0.15) is 0 Å². The first-order valence-electron chi connectivity index (χ1n) is 7.27. The highest BCUT2D eigenvalue weighted by atomic mass is 35.5. The molecular weight excluding hydrogens is 352 g/mol. The van der Waals surface area contributed by atoms with Crippen LogP contribution in [0.25, 0.3) is 0 Å². The molecule has 2 rings (SSSR count). The molecule has 128 valence electrons. The van der Waals surface area contributed by atoms with Crippen molar-refractivity contribution in [3.63, 3.8) is 0 Å². The zero-order chi connectivity index (χ0) is 17.0. The Morgan fingerprint density at radius 1 is 1.26 bits per heavy atom. The predicted molar refractivity (Wildman–Crippen MR) is 84.9 cm³/mol. The summed E-state index contributed by atoms with van der Waals surface area (Å²) in [6.07, 6.45) is -3.96. The van der Waals surface area contributed by atoms with Crippen molar-refractivity contribution in [2.24, 2.45) is 5.92 Å². The van der Waals surface area contributed by atoms with Crippen molar-refractivity contribution >= 4 is 34.8 Å².